The van der Waals surface area contributed by atoms with Gasteiger partial charge in [0, 0.05) is 19.0 Å². The monoisotopic (exact) mass is 493 g/mol. The van der Waals surface area contributed by atoms with Crippen LogP contribution in [0.15, 0.2) is 29.2 Å². The van der Waals surface area contributed by atoms with E-state index in [4.69, 9.17) is 9.02 Å². The van der Waals surface area contributed by atoms with Gasteiger partial charge in [-0.25, -0.2) is 0 Å². The van der Waals surface area contributed by atoms with Crippen molar-refractivity contribution in [1.82, 2.24) is 5.06 Å². The minimum Gasteiger partial charge on any atom is -0.393 e. The first-order valence-electron chi connectivity index (χ1n) is 12.9. The van der Waals surface area contributed by atoms with Crippen LogP contribution in [-0.4, -0.2) is 50.0 Å². The van der Waals surface area contributed by atoms with Gasteiger partial charge in [-0.3, -0.25) is 9.02 Å². The molecule has 0 radical (unpaired) electrons. The third-order valence-electron chi connectivity index (χ3n) is 9.38. The third-order valence-corrected chi connectivity index (χ3v) is 10.7. The highest BCUT2D eigenvalue weighted by atomic mass is 32.2. The van der Waals surface area contributed by atoms with Crippen molar-refractivity contribution in [1.29, 1.82) is 0 Å². The van der Waals surface area contributed by atoms with E-state index in [2.05, 4.69) is 13.8 Å². The molecule has 6 nitrogen and oxygen atoms in total. The lowest BCUT2D eigenvalue weighted by atomic mass is 9.61. The van der Waals surface area contributed by atoms with E-state index in [0.29, 0.717) is 17.8 Å². The molecule has 2 aliphatic carbocycles. The molecule has 34 heavy (non-hydrogen) atoms. The Morgan fingerprint density at radius 2 is 1.85 bits per heavy atom. The number of nitrogens with zero attached hydrogens (tertiary/aromatic N) is 1. The van der Waals surface area contributed by atoms with E-state index in [1.54, 1.807) is 24.3 Å². The first-order chi connectivity index (χ1) is 15.8. The van der Waals surface area contributed by atoms with Crippen molar-refractivity contribution in [3.05, 3.63) is 29.8 Å². The van der Waals surface area contributed by atoms with Crippen molar-refractivity contribution in [2.45, 2.75) is 95.8 Å². The highest BCUT2D eigenvalue weighted by Gasteiger charge is 2.54. The number of hydrogen-bond acceptors (Lipinski definition) is 6. The molecule has 2 saturated carbocycles. The van der Waals surface area contributed by atoms with Gasteiger partial charge in [0.2, 0.25) is 0 Å². The fourth-order valence-electron chi connectivity index (χ4n) is 7.45. The zero-order valence-electron chi connectivity index (χ0n) is 21.7. The molecule has 7 atom stereocenters. The topological polar surface area (TPSA) is 76.1 Å². The zero-order chi connectivity index (χ0) is 24.9. The summed E-state index contributed by atoms with van der Waals surface area (Å²) in [5, 5.41) is 12.6. The second-order valence-electron chi connectivity index (χ2n) is 11.9. The van der Waals surface area contributed by atoms with Crippen LogP contribution in [-0.2, 0) is 19.1 Å². The molecule has 1 unspecified atom stereocenters. The van der Waals surface area contributed by atoms with E-state index in [1.165, 1.54) is 6.42 Å². The summed E-state index contributed by atoms with van der Waals surface area (Å²) in [5.41, 5.74) is 0.671. The van der Waals surface area contributed by atoms with Crippen LogP contribution in [0, 0.1) is 36.0 Å². The largest absolute Gasteiger partial charge is 0.393 e. The van der Waals surface area contributed by atoms with E-state index in [9.17, 15) is 13.5 Å². The summed E-state index contributed by atoms with van der Waals surface area (Å²) in [5.74, 6) is 1.33. The molecule has 7 heteroatoms. The smallest absolute Gasteiger partial charge is 0.296 e. The molecule has 4 rings (SSSR count). The molecule has 0 bridgehead atoms. The molecule has 1 heterocycles. The van der Waals surface area contributed by atoms with Crippen LogP contribution in [0.3, 0.4) is 0 Å². The van der Waals surface area contributed by atoms with Gasteiger partial charge in [-0.05, 0) is 88.2 Å². The first kappa shape index (κ1) is 26.1. The molecule has 1 saturated heterocycles. The van der Waals surface area contributed by atoms with Crippen molar-refractivity contribution in [3.8, 4) is 0 Å². The molecular weight excluding hydrogens is 450 g/mol. The van der Waals surface area contributed by atoms with Gasteiger partial charge in [-0.1, -0.05) is 38.0 Å². The second-order valence-corrected chi connectivity index (χ2v) is 13.6. The molecule has 1 aliphatic heterocycles. The highest BCUT2D eigenvalue weighted by molar-refractivity contribution is 7.86. The van der Waals surface area contributed by atoms with Gasteiger partial charge in [0.1, 0.15) is 0 Å². The summed E-state index contributed by atoms with van der Waals surface area (Å²) in [6, 6.07) is 6.84. The van der Waals surface area contributed by atoms with Gasteiger partial charge in [-0.2, -0.15) is 13.5 Å². The number of rotatable bonds is 7. The number of hydrogen-bond donors (Lipinski definition) is 1. The summed E-state index contributed by atoms with van der Waals surface area (Å²) >= 11 is 0. The molecule has 3 fully saturated rings. The Morgan fingerprint density at radius 1 is 1.18 bits per heavy atom. The Kier molecular flexibility index (Phi) is 7.27. The van der Waals surface area contributed by atoms with Gasteiger partial charge < -0.3 is 5.11 Å². The average molecular weight is 494 g/mol. The fourth-order valence-corrected chi connectivity index (χ4v) is 8.38. The normalized spacial score (nSPS) is 37.0. The molecule has 3 aliphatic rings. The van der Waals surface area contributed by atoms with Crippen LogP contribution < -0.4 is 0 Å². The summed E-state index contributed by atoms with van der Waals surface area (Å²) in [6.45, 7) is 10.8. The third kappa shape index (κ3) is 4.83. The van der Waals surface area contributed by atoms with Crippen LogP contribution in [0.25, 0.3) is 0 Å². The maximum absolute atomic E-state index is 12.9. The van der Waals surface area contributed by atoms with Gasteiger partial charge in [-0.15, -0.1) is 0 Å². The van der Waals surface area contributed by atoms with Crippen LogP contribution in [0.5, 0.6) is 0 Å². The van der Waals surface area contributed by atoms with Crippen molar-refractivity contribution < 1.29 is 22.5 Å². The molecule has 0 aromatic heterocycles. The molecule has 1 N–H and O–H groups in total. The predicted molar refractivity (Wildman–Crippen MR) is 132 cm³/mol. The number of aliphatic hydroxyl groups is 1. The lowest BCUT2D eigenvalue weighted by Gasteiger charge is -2.45. The standard InChI is InChI=1S/C27H43NO5S/c1-18-9-11-20(12-10-18)34(30,31)32-17-23-24(28(6)33-26(23,3)4)16-19(2)21-13-14-22-25(29)8-7-15-27(21,22)5/h9-12,19,21-25,29H,7-8,13-17H2,1-6H3/t19-,21-,22?,23+,24+,25+,27-/m1/s1. The van der Waals surface area contributed by atoms with Crippen molar-refractivity contribution in [2.75, 3.05) is 13.7 Å². The number of hydroxylamine groups is 2. The fraction of sp³-hybridized carbons (Fsp3) is 0.778. The number of fused-ring (bicyclic) bond motifs is 1. The summed E-state index contributed by atoms with van der Waals surface area (Å²) in [4.78, 5) is 6.38. The van der Waals surface area contributed by atoms with Gasteiger partial charge >= 0.3 is 0 Å². The lowest BCUT2D eigenvalue weighted by Crippen LogP contribution is -2.43. The van der Waals surface area contributed by atoms with Crippen molar-refractivity contribution in [3.63, 3.8) is 0 Å². The molecule has 0 spiro atoms. The Hall–Kier alpha value is -0.990. The minimum absolute atomic E-state index is 0.0642. The van der Waals surface area contributed by atoms with Crippen molar-refractivity contribution >= 4 is 10.1 Å². The van der Waals surface area contributed by atoms with E-state index in [1.807, 2.05) is 32.9 Å². The van der Waals surface area contributed by atoms with Crippen LogP contribution in [0.2, 0.25) is 0 Å². The zero-order valence-corrected chi connectivity index (χ0v) is 22.5. The minimum atomic E-state index is -3.83. The Morgan fingerprint density at radius 3 is 2.53 bits per heavy atom. The quantitative estimate of drug-likeness (QED) is 0.542. The molecular formula is C27H43NO5S. The van der Waals surface area contributed by atoms with E-state index < -0.39 is 15.7 Å². The Labute approximate surface area is 206 Å². The average Bonchev–Trinajstić information content (AvgIpc) is 3.20. The SMILES string of the molecule is Cc1ccc(S(=O)(=O)OC[C@H]2[C@H](C[C@@H](C)[C@H]3CCC4[C@@H](O)CCC[C@@]43C)N(C)OC2(C)C)cc1. The van der Waals surface area contributed by atoms with Gasteiger partial charge in [0.25, 0.3) is 10.1 Å². The Bertz CT molecular complexity index is 962. The van der Waals surface area contributed by atoms with E-state index >= 15 is 0 Å². The Balaban J connectivity index is 1.47. The summed E-state index contributed by atoms with van der Waals surface area (Å²) in [7, 11) is -1.88. The maximum atomic E-state index is 12.9. The summed E-state index contributed by atoms with van der Waals surface area (Å²) < 4.78 is 31.3. The van der Waals surface area contributed by atoms with Crippen molar-refractivity contribution in [2.24, 2.45) is 29.1 Å². The second kappa shape index (κ2) is 9.47. The molecule has 192 valence electrons. The van der Waals surface area contributed by atoms with E-state index in [-0.39, 0.29) is 35.0 Å². The van der Waals surface area contributed by atoms with Crippen LogP contribution in [0.4, 0.5) is 0 Å². The highest BCUT2D eigenvalue weighted by Crippen LogP contribution is 2.58. The lowest BCUT2D eigenvalue weighted by molar-refractivity contribution is -0.181. The molecule has 0 amide bonds. The van der Waals surface area contributed by atoms with Gasteiger partial charge in [0.15, 0.2) is 0 Å². The van der Waals surface area contributed by atoms with Crippen LogP contribution in [0.1, 0.15) is 71.8 Å². The number of aliphatic hydroxyl groups excluding tert-OH is 1. The summed E-state index contributed by atoms with van der Waals surface area (Å²) in [6.07, 6.45) is 6.24. The van der Waals surface area contributed by atoms with E-state index in [0.717, 1.165) is 37.7 Å². The molecule has 1 aromatic rings. The number of benzene rings is 1. The predicted octanol–water partition coefficient (Wildman–Crippen LogP) is 4.94. The van der Waals surface area contributed by atoms with Crippen LogP contribution >= 0.6 is 0 Å². The first-order valence-corrected chi connectivity index (χ1v) is 14.3. The number of aryl methyl sites for hydroxylation is 1. The molecule has 1 aromatic carbocycles. The van der Waals surface area contributed by atoms with Gasteiger partial charge in [0.05, 0.1) is 23.2 Å². The maximum Gasteiger partial charge on any atom is 0.296 e.